The average molecular weight is 375 g/mol. The fourth-order valence-corrected chi connectivity index (χ4v) is 3.58. The maximum Gasteiger partial charge on any atom is 0.284 e. The van der Waals surface area contributed by atoms with E-state index in [0.29, 0.717) is 4.88 Å². The summed E-state index contributed by atoms with van der Waals surface area (Å²) in [7, 11) is 0. The van der Waals surface area contributed by atoms with Crippen LogP contribution in [0.3, 0.4) is 0 Å². The number of hydrogen-bond donors (Lipinski definition) is 3. The Hall–Kier alpha value is -2.42. The number of hydrogen-bond acceptors (Lipinski definition) is 6. The van der Waals surface area contributed by atoms with Crippen LogP contribution in [0.5, 0.6) is 0 Å². The van der Waals surface area contributed by atoms with Crippen molar-refractivity contribution >= 4 is 28.8 Å². The van der Waals surface area contributed by atoms with Gasteiger partial charge in [-0.1, -0.05) is 12.1 Å². The Morgan fingerprint density at radius 2 is 1.69 bits per heavy atom. The molecule has 0 bridgehead atoms. The number of carbonyl (C=O) groups is 2. The molecule has 1 saturated heterocycles. The second kappa shape index (κ2) is 8.31. The molecule has 0 saturated carbocycles. The summed E-state index contributed by atoms with van der Waals surface area (Å²) in [6, 6.07) is 11.0. The second-order valence-corrected chi connectivity index (χ2v) is 7.07. The van der Waals surface area contributed by atoms with Crippen molar-refractivity contribution in [3.8, 4) is 0 Å². The zero-order valence-corrected chi connectivity index (χ0v) is 15.2. The molecule has 0 spiro atoms. The molecular formula is C18H21N3O4S. The molecule has 1 aromatic carbocycles. The highest BCUT2D eigenvalue weighted by molar-refractivity contribution is 7.15. The van der Waals surface area contributed by atoms with Crippen LogP contribution in [0.15, 0.2) is 36.4 Å². The van der Waals surface area contributed by atoms with Gasteiger partial charge in [-0.05, 0) is 36.8 Å². The summed E-state index contributed by atoms with van der Waals surface area (Å²) in [6.07, 6.45) is 0. The van der Waals surface area contributed by atoms with Gasteiger partial charge >= 0.3 is 0 Å². The normalized spacial score (nSPS) is 15.4. The number of amides is 2. The molecule has 1 atom stereocenters. The first kappa shape index (κ1) is 18.4. The number of morpholine rings is 1. The Morgan fingerprint density at radius 1 is 1.08 bits per heavy atom. The van der Waals surface area contributed by atoms with Crippen molar-refractivity contribution < 1.29 is 19.5 Å². The van der Waals surface area contributed by atoms with Crippen molar-refractivity contribution in [2.24, 2.45) is 0 Å². The summed E-state index contributed by atoms with van der Waals surface area (Å²) in [5.74, 6) is -0.877. The minimum absolute atomic E-state index is 0.168. The van der Waals surface area contributed by atoms with E-state index >= 15 is 0 Å². The highest BCUT2D eigenvalue weighted by Crippen LogP contribution is 2.22. The molecule has 2 heterocycles. The third kappa shape index (κ3) is 4.21. The minimum Gasteiger partial charge on any atom is -0.378 e. The molecule has 3 rings (SSSR count). The number of rotatable bonds is 5. The van der Waals surface area contributed by atoms with Crippen molar-refractivity contribution in [1.29, 1.82) is 0 Å². The lowest BCUT2D eigenvalue weighted by atomic mass is 10.1. The van der Waals surface area contributed by atoms with E-state index in [4.69, 9.17) is 9.94 Å². The molecular weight excluding hydrogens is 354 g/mol. The van der Waals surface area contributed by atoms with Gasteiger partial charge in [-0.3, -0.25) is 14.8 Å². The molecule has 2 amide bonds. The van der Waals surface area contributed by atoms with Gasteiger partial charge < -0.3 is 15.0 Å². The lowest BCUT2D eigenvalue weighted by Crippen LogP contribution is -2.36. The second-order valence-electron chi connectivity index (χ2n) is 5.99. The van der Waals surface area contributed by atoms with Gasteiger partial charge in [0.15, 0.2) is 0 Å². The maximum absolute atomic E-state index is 12.3. The molecule has 1 aliphatic heterocycles. The minimum atomic E-state index is -0.624. The van der Waals surface area contributed by atoms with E-state index in [1.807, 2.05) is 19.1 Å². The zero-order valence-electron chi connectivity index (χ0n) is 14.4. The third-order valence-electron chi connectivity index (χ3n) is 4.27. The lowest BCUT2D eigenvalue weighted by molar-refractivity contribution is 0.0711. The molecule has 7 nitrogen and oxygen atoms in total. The van der Waals surface area contributed by atoms with Crippen molar-refractivity contribution in [1.82, 2.24) is 10.8 Å². The number of anilines is 1. The van der Waals surface area contributed by atoms with Crippen LogP contribution in [0.25, 0.3) is 0 Å². The molecule has 0 aliphatic carbocycles. The van der Waals surface area contributed by atoms with Crippen LogP contribution >= 0.6 is 11.3 Å². The zero-order chi connectivity index (χ0) is 18.5. The van der Waals surface area contributed by atoms with Crippen molar-refractivity contribution in [3.05, 3.63) is 51.7 Å². The van der Waals surface area contributed by atoms with Crippen LogP contribution in [0, 0.1) is 0 Å². The highest BCUT2D eigenvalue weighted by Gasteiger charge is 2.17. The van der Waals surface area contributed by atoms with Gasteiger partial charge in [0.1, 0.15) is 0 Å². The van der Waals surface area contributed by atoms with E-state index in [0.717, 1.165) is 48.9 Å². The van der Waals surface area contributed by atoms with Gasteiger partial charge in [0, 0.05) is 18.8 Å². The largest absolute Gasteiger partial charge is 0.378 e. The third-order valence-corrected chi connectivity index (χ3v) is 5.35. The van der Waals surface area contributed by atoms with Crippen LogP contribution in [-0.4, -0.2) is 43.3 Å². The number of benzene rings is 1. The standard InChI is InChI=1S/C18H21N3O4S/c1-12(19-17(22)15-6-7-16(26-15)18(23)20-24)13-2-4-14(5-3-13)21-8-10-25-11-9-21/h2-7,12,24H,8-11H2,1H3,(H,19,22)(H,20,23)/t12-/m1/s1. The van der Waals surface area contributed by atoms with Gasteiger partial charge in [-0.25, -0.2) is 5.48 Å². The Labute approximate surface area is 155 Å². The van der Waals surface area contributed by atoms with Gasteiger partial charge in [-0.2, -0.15) is 0 Å². The first-order valence-electron chi connectivity index (χ1n) is 8.36. The van der Waals surface area contributed by atoms with Crippen molar-refractivity contribution in [2.45, 2.75) is 13.0 Å². The van der Waals surface area contributed by atoms with Gasteiger partial charge in [0.05, 0.1) is 29.0 Å². The molecule has 0 unspecified atom stereocenters. The first-order chi connectivity index (χ1) is 12.6. The molecule has 138 valence electrons. The van der Waals surface area contributed by atoms with Gasteiger partial charge in [-0.15, -0.1) is 11.3 Å². The summed E-state index contributed by atoms with van der Waals surface area (Å²) in [4.78, 5) is 26.7. The molecule has 26 heavy (non-hydrogen) atoms. The summed E-state index contributed by atoms with van der Waals surface area (Å²) in [5, 5.41) is 11.6. The number of nitrogens with one attached hydrogen (secondary N) is 2. The number of nitrogens with zero attached hydrogens (tertiary/aromatic N) is 1. The SMILES string of the molecule is C[C@@H](NC(=O)c1ccc(C(=O)NO)s1)c1ccc(N2CCOCC2)cc1. The molecule has 3 N–H and O–H groups in total. The van der Waals surface area contributed by atoms with Gasteiger partial charge in [0.2, 0.25) is 0 Å². The topological polar surface area (TPSA) is 90.9 Å². The van der Waals surface area contributed by atoms with E-state index in [-0.39, 0.29) is 16.8 Å². The molecule has 1 aliphatic rings. The monoisotopic (exact) mass is 375 g/mol. The molecule has 0 radical (unpaired) electrons. The van der Waals surface area contributed by atoms with Crippen molar-refractivity contribution in [2.75, 3.05) is 31.2 Å². The summed E-state index contributed by atoms with van der Waals surface area (Å²) in [6.45, 7) is 5.16. The van der Waals surface area contributed by atoms with E-state index in [1.165, 1.54) is 6.07 Å². The maximum atomic E-state index is 12.3. The van der Waals surface area contributed by atoms with Crippen LogP contribution in [-0.2, 0) is 4.74 Å². The number of ether oxygens (including phenoxy) is 1. The fraction of sp³-hybridized carbons (Fsp3) is 0.333. The fourth-order valence-electron chi connectivity index (χ4n) is 2.78. The Kier molecular flexibility index (Phi) is 5.87. The highest BCUT2D eigenvalue weighted by atomic mass is 32.1. The van der Waals surface area contributed by atoms with E-state index in [2.05, 4.69) is 22.3 Å². The number of carbonyl (C=O) groups excluding carboxylic acids is 2. The Morgan fingerprint density at radius 3 is 2.31 bits per heavy atom. The number of hydroxylamine groups is 1. The smallest absolute Gasteiger partial charge is 0.284 e. The van der Waals surface area contributed by atoms with Crippen molar-refractivity contribution in [3.63, 3.8) is 0 Å². The predicted molar refractivity (Wildman–Crippen MR) is 98.9 cm³/mol. The van der Waals surface area contributed by atoms with Crippen LogP contribution in [0.1, 0.15) is 37.9 Å². The van der Waals surface area contributed by atoms with Gasteiger partial charge in [0.25, 0.3) is 11.8 Å². The van der Waals surface area contributed by atoms with Crippen LogP contribution < -0.4 is 15.7 Å². The predicted octanol–water partition coefficient (Wildman–Crippen LogP) is 2.19. The summed E-state index contributed by atoms with van der Waals surface area (Å²) >= 11 is 1.03. The Bertz CT molecular complexity index is 769. The average Bonchev–Trinajstić information content (AvgIpc) is 3.18. The molecule has 8 heteroatoms. The molecule has 1 aromatic heterocycles. The van der Waals surface area contributed by atoms with Crippen LogP contribution in [0.2, 0.25) is 0 Å². The number of thiophene rings is 1. The Balaban J connectivity index is 1.61. The van der Waals surface area contributed by atoms with E-state index in [1.54, 1.807) is 11.5 Å². The lowest BCUT2D eigenvalue weighted by Gasteiger charge is -2.29. The molecule has 2 aromatic rings. The quantitative estimate of drug-likeness (QED) is 0.551. The van der Waals surface area contributed by atoms with E-state index < -0.39 is 5.91 Å². The first-order valence-corrected chi connectivity index (χ1v) is 9.18. The van der Waals surface area contributed by atoms with E-state index in [9.17, 15) is 9.59 Å². The summed E-state index contributed by atoms with van der Waals surface area (Å²) < 4.78 is 5.37. The summed E-state index contributed by atoms with van der Waals surface area (Å²) in [5.41, 5.74) is 3.71. The molecule has 1 fully saturated rings. The van der Waals surface area contributed by atoms with Crippen LogP contribution in [0.4, 0.5) is 5.69 Å².